The van der Waals surface area contributed by atoms with Gasteiger partial charge in [-0.3, -0.25) is 0 Å². The van der Waals surface area contributed by atoms with E-state index in [2.05, 4.69) is 50.2 Å². The van der Waals surface area contributed by atoms with Crippen LogP contribution in [0.15, 0.2) is 30.3 Å². The Balaban J connectivity index is 2.35. The zero-order chi connectivity index (χ0) is 15.1. The summed E-state index contributed by atoms with van der Waals surface area (Å²) >= 11 is 4.31. The fourth-order valence-corrected chi connectivity index (χ4v) is 4.20. The molecule has 0 saturated carbocycles. The van der Waals surface area contributed by atoms with Gasteiger partial charge in [0, 0.05) is 10.1 Å². The van der Waals surface area contributed by atoms with Crippen molar-refractivity contribution in [2.24, 2.45) is 0 Å². The van der Waals surface area contributed by atoms with Gasteiger partial charge in [0.2, 0.25) is 0 Å². The second-order valence-electron chi connectivity index (χ2n) is 4.60. The molecule has 0 aliphatic heterocycles. The summed E-state index contributed by atoms with van der Waals surface area (Å²) in [4.78, 5) is 4.57. The lowest BCUT2D eigenvalue weighted by atomic mass is 10.2. The third-order valence-corrected chi connectivity index (χ3v) is 4.74. The molecule has 0 spiro atoms. The Labute approximate surface area is 148 Å². The highest BCUT2D eigenvalue weighted by molar-refractivity contribution is 14.1. The molecule has 0 aliphatic rings. The molecule has 1 aromatic heterocycles. The maximum absolute atomic E-state index is 13.5. The van der Waals surface area contributed by atoms with E-state index in [-0.39, 0.29) is 11.6 Å². The standard InChI is InChI=1S/C15H11FI2N2O/c1-2-20-13-5-8(16)3-4-12(13)19-15(20)10-6-9(17)7-11(18)14(10)21/h3-7,21H,2H2,1H3. The van der Waals surface area contributed by atoms with Crippen LogP contribution in [0.4, 0.5) is 4.39 Å². The van der Waals surface area contributed by atoms with Crippen molar-refractivity contribution in [3.63, 3.8) is 0 Å². The Hall–Kier alpha value is -0.900. The number of benzene rings is 2. The highest BCUT2D eigenvalue weighted by Gasteiger charge is 2.17. The van der Waals surface area contributed by atoms with Gasteiger partial charge in [0.25, 0.3) is 0 Å². The quantitative estimate of drug-likeness (QED) is 0.507. The second kappa shape index (κ2) is 5.71. The van der Waals surface area contributed by atoms with Gasteiger partial charge in [-0.2, -0.15) is 0 Å². The molecule has 1 heterocycles. The van der Waals surface area contributed by atoms with Crippen LogP contribution >= 0.6 is 45.2 Å². The van der Waals surface area contributed by atoms with Crippen molar-refractivity contribution in [3.8, 4) is 17.1 Å². The van der Waals surface area contributed by atoms with E-state index < -0.39 is 0 Å². The van der Waals surface area contributed by atoms with Crippen LogP contribution in [0, 0.1) is 13.0 Å². The normalized spacial score (nSPS) is 11.2. The van der Waals surface area contributed by atoms with E-state index in [1.165, 1.54) is 12.1 Å². The minimum atomic E-state index is -0.287. The second-order valence-corrected chi connectivity index (χ2v) is 7.00. The van der Waals surface area contributed by atoms with Gasteiger partial charge in [-0.05, 0) is 82.4 Å². The smallest absolute Gasteiger partial charge is 0.144 e. The Morgan fingerprint density at radius 1 is 1.24 bits per heavy atom. The summed E-state index contributed by atoms with van der Waals surface area (Å²) in [5.74, 6) is 0.582. The fourth-order valence-electron chi connectivity index (χ4n) is 2.36. The van der Waals surface area contributed by atoms with Crippen molar-refractivity contribution in [2.75, 3.05) is 0 Å². The van der Waals surface area contributed by atoms with Crippen LogP contribution in [-0.2, 0) is 6.54 Å². The van der Waals surface area contributed by atoms with Crippen LogP contribution in [0.3, 0.4) is 0 Å². The minimum absolute atomic E-state index is 0.210. The summed E-state index contributed by atoms with van der Waals surface area (Å²) in [5, 5.41) is 10.3. The van der Waals surface area contributed by atoms with Gasteiger partial charge in [0.15, 0.2) is 0 Å². The van der Waals surface area contributed by atoms with E-state index in [4.69, 9.17) is 0 Å². The van der Waals surface area contributed by atoms with Gasteiger partial charge in [-0.25, -0.2) is 9.37 Å². The van der Waals surface area contributed by atoms with Gasteiger partial charge in [-0.1, -0.05) is 0 Å². The Morgan fingerprint density at radius 2 is 2.00 bits per heavy atom. The summed E-state index contributed by atoms with van der Waals surface area (Å²) in [6, 6.07) is 8.33. The van der Waals surface area contributed by atoms with Crippen molar-refractivity contribution in [3.05, 3.63) is 43.3 Å². The zero-order valence-corrected chi connectivity index (χ0v) is 15.4. The molecule has 108 valence electrons. The van der Waals surface area contributed by atoms with E-state index in [9.17, 15) is 9.50 Å². The summed E-state index contributed by atoms with van der Waals surface area (Å²) in [5.41, 5.74) is 2.13. The highest BCUT2D eigenvalue weighted by Crippen LogP contribution is 2.36. The molecule has 21 heavy (non-hydrogen) atoms. The maximum atomic E-state index is 13.5. The largest absolute Gasteiger partial charge is 0.506 e. The van der Waals surface area contributed by atoms with Gasteiger partial charge < -0.3 is 9.67 Å². The molecule has 3 rings (SSSR count). The number of nitrogens with zero attached hydrogens (tertiary/aromatic N) is 2. The number of hydrogen-bond acceptors (Lipinski definition) is 2. The third-order valence-electron chi connectivity index (χ3n) is 3.30. The monoisotopic (exact) mass is 508 g/mol. The molecule has 0 radical (unpaired) electrons. The summed E-state index contributed by atoms with van der Waals surface area (Å²) in [7, 11) is 0. The molecule has 0 amide bonds. The lowest BCUT2D eigenvalue weighted by Crippen LogP contribution is -1.99. The van der Waals surface area contributed by atoms with Crippen molar-refractivity contribution >= 4 is 56.2 Å². The van der Waals surface area contributed by atoms with Crippen LogP contribution in [-0.4, -0.2) is 14.7 Å². The van der Waals surface area contributed by atoms with Crippen LogP contribution in [0.1, 0.15) is 6.92 Å². The molecule has 0 aliphatic carbocycles. The first-order valence-corrected chi connectivity index (χ1v) is 8.51. The number of rotatable bonds is 2. The summed E-state index contributed by atoms with van der Waals surface area (Å²) < 4.78 is 17.2. The molecule has 0 saturated heterocycles. The molecule has 3 nitrogen and oxygen atoms in total. The first-order chi connectivity index (χ1) is 10.0. The van der Waals surface area contributed by atoms with Crippen LogP contribution in [0.5, 0.6) is 5.75 Å². The van der Waals surface area contributed by atoms with E-state index in [0.717, 1.165) is 18.2 Å². The van der Waals surface area contributed by atoms with Gasteiger partial charge in [0.1, 0.15) is 17.4 Å². The van der Waals surface area contributed by atoms with Crippen molar-refractivity contribution in [2.45, 2.75) is 13.5 Å². The third kappa shape index (κ3) is 2.63. The van der Waals surface area contributed by atoms with E-state index in [1.807, 2.05) is 23.6 Å². The predicted octanol–water partition coefficient (Wildman–Crippen LogP) is 4.78. The molecule has 0 atom stereocenters. The number of phenols is 1. The fraction of sp³-hybridized carbons (Fsp3) is 0.133. The molecule has 0 bridgehead atoms. The number of aromatic hydroxyl groups is 1. The van der Waals surface area contributed by atoms with Gasteiger partial charge in [0.05, 0.1) is 20.2 Å². The average molecular weight is 508 g/mol. The number of fused-ring (bicyclic) bond motifs is 1. The molecule has 0 unspecified atom stereocenters. The van der Waals surface area contributed by atoms with Crippen molar-refractivity contribution < 1.29 is 9.50 Å². The summed E-state index contributed by atoms with van der Waals surface area (Å²) in [6.07, 6.45) is 0. The topological polar surface area (TPSA) is 38.0 Å². The van der Waals surface area contributed by atoms with E-state index in [0.29, 0.717) is 17.9 Å². The predicted molar refractivity (Wildman–Crippen MR) is 97.9 cm³/mol. The molecule has 3 aromatic rings. The SMILES string of the molecule is CCn1c(-c2cc(I)cc(I)c2O)nc2ccc(F)cc21. The summed E-state index contributed by atoms with van der Waals surface area (Å²) in [6.45, 7) is 2.63. The molecule has 1 N–H and O–H groups in total. The van der Waals surface area contributed by atoms with Gasteiger partial charge >= 0.3 is 0 Å². The zero-order valence-electron chi connectivity index (χ0n) is 11.1. The number of imidazole rings is 1. The number of aromatic nitrogens is 2. The number of halogens is 3. The van der Waals surface area contributed by atoms with E-state index >= 15 is 0 Å². The first-order valence-electron chi connectivity index (χ1n) is 6.35. The van der Waals surface area contributed by atoms with E-state index in [1.54, 1.807) is 6.07 Å². The number of aryl methyl sites for hydroxylation is 1. The molecular weight excluding hydrogens is 497 g/mol. The Morgan fingerprint density at radius 3 is 2.71 bits per heavy atom. The number of hydrogen-bond donors (Lipinski definition) is 1. The first kappa shape index (κ1) is 15.0. The van der Waals surface area contributed by atoms with Crippen LogP contribution in [0.25, 0.3) is 22.4 Å². The van der Waals surface area contributed by atoms with Crippen molar-refractivity contribution in [1.29, 1.82) is 0 Å². The Kier molecular flexibility index (Phi) is 4.08. The highest BCUT2D eigenvalue weighted by atomic mass is 127. The lowest BCUT2D eigenvalue weighted by molar-refractivity contribution is 0.472. The maximum Gasteiger partial charge on any atom is 0.144 e. The lowest BCUT2D eigenvalue weighted by Gasteiger charge is -2.09. The average Bonchev–Trinajstić information content (AvgIpc) is 2.80. The Bertz CT molecular complexity index is 845. The molecule has 6 heteroatoms. The minimum Gasteiger partial charge on any atom is -0.506 e. The number of phenolic OH excluding ortho intramolecular Hbond substituents is 1. The van der Waals surface area contributed by atoms with Crippen molar-refractivity contribution in [1.82, 2.24) is 9.55 Å². The molecule has 2 aromatic carbocycles. The molecule has 0 fully saturated rings. The van der Waals surface area contributed by atoms with Crippen LogP contribution < -0.4 is 0 Å². The van der Waals surface area contributed by atoms with Gasteiger partial charge in [-0.15, -0.1) is 0 Å². The molecular formula is C15H11FI2N2O. The van der Waals surface area contributed by atoms with Crippen LogP contribution in [0.2, 0.25) is 0 Å².